The molecule has 0 aliphatic carbocycles. The van der Waals surface area contributed by atoms with E-state index in [0.717, 1.165) is 19.9 Å². The van der Waals surface area contributed by atoms with Crippen molar-refractivity contribution in [3.8, 4) is 0 Å². The fourth-order valence-electron chi connectivity index (χ4n) is 3.54. The average Bonchev–Trinajstić information content (AvgIpc) is 3.12. The van der Waals surface area contributed by atoms with Crippen LogP contribution in [0.5, 0.6) is 0 Å². The third-order valence-corrected chi connectivity index (χ3v) is 7.53. The van der Waals surface area contributed by atoms with Gasteiger partial charge in [0.1, 0.15) is 5.69 Å². The maximum Gasteiger partial charge on any atom is 0.338 e. The molecule has 0 N–H and O–H groups in total. The fourth-order valence-corrected chi connectivity index (χ4v) is 5.46. The van der Waals surface area contributed by atoms with Crippen molar-refractivity contribution in [3.05, 3.63) is 76.4 Å². The van der Waals surface area contributed by atoms with Gasteiger partial charge in [-0.05, 0) is 36.1 Å². The first-order valence-corrected chi connectivity index (χ1v) is 11.8. The lowest BCUT2D eigenvalue weighted by atomic mass is 10.1. The number of aryl methyl sites for hydroxylation is 1. The van der Waals surface area contributed by atoms with E-state index in [2.05, 4.69) is 21.0 Å². The standard InChI is InChI=1S/C21H21BrN4O3S/c1-24-20-19(15-23-24)25(13-11-17-7-9-18(22)10-8-17)21(27)26(30(20,28)29)14-12-16-5-3-2-4-6-16/h2-10,15H,11-14H2,1H3. The molecule has 156 valence electrons. The van der Waals surface area contributed by atoms with Crippen LogP contribution in [0.4, 0.5) is 10.5 Å². The molecule has 30 heavy (non-hydrogen) atoms. The van der Waals surface area contributed by atoms with Gasteiger partial charge >= 0.3 is 6.03 Å². The summed E-state index contributed by atoms with van der Waals surface area (Å²) in [6.45, 7) is 0.432. The van der Waals surface area contributed by atoms with Gasteiger partial charge in [-0.1, -0.05) is 58.4 Å². The first kappa shape index (κ1) is 20.6. The summed E-state index contributed by atoms with van der Waals surface area (Å²) in [5.41, 5.74) is 2.36. The zero-order valence-corrected chi connectivity index (χ0v) is 18.8. The van der Waals surface area contributed by atoms with Crippen LogP contribution in [0.1, 0.15) is 11.1 Å². The maximum atomic E-state index is 13.2. The summed E-state index contributed by atoms with van der Waals surface area (Å²) in [6, 6.07) is 16.8. The monoisotopic (exact) mass is 488 g/mol. The van der Waals surface area contributed by atoms with Crippen LogP contribution in [0.3, 0.4) is 0 Å². The number of aromatic nitrogens is 2. The Morgan fingerprint density at radius 2 is 1.57 bits per heavy atom. The third-order valence-electron chi connectivity index (χ3n) is 5.12. The number of halogens is 1. The molecule has 2 aromatic carbocycles. The predicted molar refractivity (Wildman–Crippen MR) is 118 cm³/mol. The van der Waals surface area contributed by atoms with E-state index in [1.165, 1.54) is 15.8 Å². The molecule has 7 nitrogen and oxygen atoms in total. The van der Waals surface area contributed by atoms with Crippen LogP contribution in [0.2, 0.25) is 0 Å². The van der Waals surface area contributed by atoms with E-state index in [0.29, 0.717) is 25.1 Å². The number of benzene rings is 2. The zero-order chi connectivity index (χ0) is 21.3. The Morgan fingerprint density at radius 3 is 2.27 bits per heavy atom. The van der Waals surface area contributed by atoms with Crippen molar-refractivity contribution in [2.45, 2.75) is 17.9 Å². The first-order chi connectivity index (χ1) is 14.4. The molecule has 0 saturated heterocycles. The van der Waals surface area contributed by atoms with Gasteiger partial charge in [0, 0.05) is 24.6 Å². The molecule has 0 saturated carbocycles. The number of fused-ring (bicyclic) bond motifs is 1. The van der Waals surface area contributed by atoms with Crippen molar-refractivity contribution in [3.63, 3.8) is 0 Å². The van der Waals surface area contributed by atoms with Crippen LogP contribution in [0.25, 0.3) is 0 Å². The number of nitrogens with zero attached hydrogens (tertiary/aromatic N) is 4. The van der Waals surface area contributed by atoms with Gasteiger partial charge in [-0.25, -0.2) is 9.10 Å². The summed E-state index contributed by atoms with van der Waals surface area (Å²) >= 11 is 3.41. The molecule has 2 heterocycles. The minimum atomic E-state index is -3.97. The number of anilines is 1. The molecule has 0 unspecified atom stereocenters. The van der Waals surface area contributed by atoms with Gasteiger partial charge in [0.2, 0.25) is 0 Å². The molecule has 1 aliphatic rings. The molecule has 9 heteroatoms. The number of hydrogen-bond donors (Lipinski definition) is 0. The molecule has 3 aromatic rings. The largest absolute Gasteiger partial charge is 0.338 e. The van der Waals surface area contributed by atoms with Crippen LogP contribution in [-0.2, 0) is 29.9 Å². The van der Waals surface area contributed by atoms with Crippen molar-refractivity contribution in [2.24, 2.45) is 7.05 Å². The molecule has 4 rings (SSSR count). The average molecular weight is 489 g/mol. The van der Waals surface area contributed by atoms with Gasteiger partial charge in [-0.3, -0.25) is 9.58 Å². The Hall–Kier alpha value is -2.65. The Labute approximate surface area is 184 Å². The Kier molecular flexibility index (Phi) is 5.66. The summed E-state index contributed by atoms with van der Waals surface area (Å²) in [4.78, 5) is 14.7. The highest BCUT2D eigenvalue weighted by Gasteiger charge is 2.43. The zero-order valence-electron chi connectivity index (χ0n) is 16.4. The molecular weight excluding hydrogens is 468 g/mol. The van der Waals surface area contributed by atoms with E-state index in [4.69, 9.17) is 0 Å². The van der Waals surface area contributed by atoms with Gasteiger partial charge < -0.3 is 0 Å². The number of amides is 2. The summed E-state index contributed by atoms with van der Waals surface area (Å²) < 4.78 is 29.6. The number of hydrogen-bond acceptors (Lipinski definition) is 4. The number of urea groups is 1. The highest BCUT2D eigenvalue weighted by Crippen LogP contribution is 2.34. The minimum Gasteiger partial charge on any atom is -0.289 e. The van der Waals surface area contributed by atoms with E-state index in [1.54, 1.807) is 7.05 Å². The van der Waals surface area contributed by atoms with Crippen molar-refractivity contribution < 1.29 is 13.2 Å². The second kappa shape index (κ2) is 8.23. The number of carbonyl (C=O) groups excluding carboxylic acids is 1. The van der Waals surface area contributed by atoms with E-state index < -0.39 is 16.1 Å². The van der Waals surface area contributed by atoms with Gasteiger partial charge in [-0.2, -0.15) is 13.5 Å². The highest BCUT2D eigenvalue weighted by atomic mass is 79.9. The summed E-state index contributed by atoms with van der Waals surface area (Å²) in [5.74, 6) is 0. The molecule has 1 aromatic heterocycles. The summed E-state index contributed by atoms with van der Waals surface area (Å²) in [7, 11) is -2.40. The maximum absolute atomic E-state index is 13.2. The van der Waals surface area contributed by atoms with Crippen LogP contribution in [0, 0.1) is 0 Å². The SMILES string of the molecule is Cn1ncc2c1S(=O)(=O)N(CCc1ccccc1)C(=O)N2CCc1ccc(Br)cc1. The van der Waals surface area contributed by atoms with Crippen LogP contribution < -0.4 is 4.90 Å². The van der Waals surface area contributed by atoms with Crippen molar-refractivity contribution >= 4 is 37.7 Å². The Bertz CT molecular complexity index is 1160. The Morgan fingerprint density at radius 1 is 0.933 bits per heavy atom. The summed E-state index contributed by atoms with van der Waals surface area (Å²) in [6.07, 6.45) is 2.49. The van der Waals surface area contributed by atoms with E-state index >= 15 is 0 Å². The van der Waals surface area contributed by atoms with E-state index in [1.807, 2.05) is 54.6 Å². The highest BCUT2D eigenvalue weighted by molar-refractivity contribution is 9.10. The lowest BCUT2D eigenvalue weighted by molar-refractivity contribution is 0.227. The molecule has 2 amide bonds. The van der Waals surface area contributed by atoms with Crippen molar-refractivity contribution in [1.29, 1.82) is 0 Å². The number of sulfonamides is 1. The molecule has 1 aliphatic heterocycles. The Balaban J connectivity index is 1.62. The topological polar surface area (TPSA) is 75.5 Å². The van der Waals surface area contributed by atoms with Crippen molar-refractivity contribution in [2.75, 3.05) is 18.0 Å². The number of carbonyl (C=O) groups is 1. The number of rotatable bonds is 6. The van der Waals surface area contributed by atoms with Crippen LogP contribution in [-0.4, -0.2) is 41.6 Å². The van der Waals surface area contributed by atoms with Crippen molar-refractivity contribution in [1.82, 2.24) is 14.1 Å². The van der Waals surface area contributed by atoms with Gasteiger partial charge in [-0.15, -0.1) is 0 Å². The molecule has 0 bridgehead atoms. The third kappa shape index (κ3) is 3.87. The molecule has 0 radical (unpaired) electrons. The van der Waals surface area contributed by atoms with Crippen LogP contribution in [0.15, 0.2) is 70.3 Å². The molecular formula is C21H21BrN4O3S. The minimum absolute atomic E-state index is 0.0472. The lowest BCUT2D eigenvalue weighted by Crippen LogP contribution is -2.52. The quantitative estimate of drug-likeness (QED) is 0.531. The molecule has 0 atom stereocenters. The van der Waals surface area contributed by atoms with Gasteiger partial charge in [0.15, 0.2) is 5.03 Å². The predicted octanol–water partition coefficient (Wildman–Crippen LogP) is 3.60. The second-order valence-corrected chi connectivity index (χ2v) is 9.78. The normalized spacial score (nSPS) is 15.3. The van der Waals surface area contributed by atoms with Gasteiger partial charge in [0.25, 0.3) is 10.0 Å². The lowest BCUT2D eigenvalue weighted by Gasteiger charge is -2.34. The molecule has 0 fully saturated rings. The summed E-state index contributed by atoms with van der Waals surface area (Å²) in [5, 5.41) is 4.16. The smallest absolute Gasteiger partial charge is 0.289 e. The van der Waals surface area contributed by atoms with E-state index in [-0.39, 0.29) is 11.6 Å². The molecule has 0 spiro atoms. The first-order valence-electron chi connectivity index (χ1n) is 9.52. The van der Waals surface area contributed by atoms with Crippen LogP contribution >= 0.6 is 15.9 Å². The van der Waals surface area contributed by atoms with Gasteiger partial charge in [0.05, 0.1) is 6.20 Å². The second-order valence-electron chi connectivity index (χ2n) is 7.08. The fraction of sp³-hybridized carbons (Fsp3) is 0.238. The van der Waals surface area contributed by atoms with E-state index in [9.17, 15) is 13.2 Å².